The lowest BCUT2D eigenvalue weighted by atomic mass is 10.1. The van der Waals surface area contributed by atoms with Crippen molar-refractivity contribution in [1.82, 2.24) is 19.6 Å². The minimum atomic E-state index is -0.655. The Labute approximate surface area is 154 Å². The van der Waals surface area contributed by atoms with Crippen LogP contribution in [-0.2, 0) is 11.2 Å². The first kappa shape index (κ1) is 18.3. The number of methoxy groups -OCH3 is 2. The fourth-order valence-corrected chi connectivity index (χ4v) is 2.65. The standard InChI is InChI=1S/C18H18N4O5/c1-4-14-13(8-19-18-20-10-21-22(14)18)17(24)27-9-15(23)12-6-5-11(25-2)7-16(12)26-3/h5-8,10H,4,9H2,1-3H3. The number of benzene rings is 1. The van der Waals surface area contributed by atoms with Crippen LogP contribution in [-0.4, -0.2) is 52.2 Å². The van der Waals surface area contributed by atoms with Crippen LogP contribution < -0.4 is 9.47 Å². The summed E-state index contributed by atoms with van der Waals surface area (Å²) in [5.74, 6) is 0.242. The average molecular weight is 370 g/mol. The summed E-state index contributed by atoms with van der Waals surface area (Å²) in [6, 6.07) is 4.79. The first-order valence-corrected chi connectivity index (χ1v) is 8.19. The number of carbonyl (C=O) groups is 2. The Hall–Kier alpha value is -3.49. The van der Waals surface area contributed by atoms with Gasteiger partial charge in [0.2, 0.25) is 5.78 Å². The topological polar surface area (TPSA) is 105 Å². The van der Waals surface area contributed by atoms with Gasteiger partial charge in [-0.3, -0.25) is 4.79 Å². The minimum absolute atomic E-state index is 0.241. The molecule has 3 rings (SSSR count). The van der Waals surface area contributed by atoms with E-state index in [2.05, 4.69) is 15.1 Å². The van der Waals surface area contributed by atoms with Crippen molar-refractivity contribution in [2.24, 2.45) is 0 Å². The number of rotatable bonds is 7. The highest BCUT2D eigenvalue weighted by Gasteiger charge is 2.20. The van der Waals surface area contributed by atoms with Gasteiger partial charge >= 0.3 is 5.97 Å². The lowest BCUT2D eigenvalue weighted by Gasteiger charge is -2.11. The number of nitrogens with zero attached hydrogens (tertiary/aromatic N) is 4. The molecule has 0 aliphatic carbocycles. The maximum absolute atomic E-state index is 12.5. The summed E-state index contributed by atoms with van der Waals surface area (Å²) >= 11 is 0. The molecule has 140 valence electrons. The van der Waals surface area contributed by atoms with E-state index in [4.69, 9.17) is 14.2 Å². The van der Waals surface area contributed by atoms with E-state index >= 15 is 0 Å². The lowest BCUT2D eigenvalue weighted by Crippen LogP contribution is -2.18. The van der Waals surface area contributed by atoms with Gasteiger partial charge in [0.05, 0.1) is 31.0 Å². The van der Waals surface area contributed by atoms with Crippen molar-refractivity contribution in [1.29, 1.82) is 0 Å². The second kappa shape index (κ2) is 7.81. The molecule has 0 atom stereocenters. The van der Waals surface area contributed by atoms with E-state index in [1.807, 2.05) is 6.92 Å². The summed E-state index contributed by atoms with van der Waals surface area (Å²) in [5.41, 5.74) is 1.15. The van der Waals surface area contributed by atoms with Gasteiger partial charge in [-0.15, -0.1) is 0 Å². The SMILES string of the molecule is CCc1c(C(=O)OCC(=O)c2ccc(OC)cc2OC)cnc2ncnn12. The molecule has 0 radical (unpaired) electrons. The highest BCUT2D eigenvalue weighted by atomic mass is 16.5. The number of aromatic nitrogens is 4. The average Bonchev–Trinajstić information content (AvgIpc) is 3.19. The second-order valence-corrected chi connectivity index (χ2v) is 5.51. The Morgan fingerprint density at radius 3 is 2.63 bits per heavy atom. The summed E-state index contributed by atoms with van der Waals surface area (Å²) in [7, 11) is 2.97. The Morgan fingerprint density at radius 1 is 1.11 bits per heavy atom. The van der Waals surface area contributed by atoms with Gasteiger partial charge in [-0.25, -0.2) is 14.3 Å². The number of esters is 1. The van der Waals surface area contributed by atoms with E-state index in [0.29, 0.717) is 35.0 Å². The number of carbonyl (C=O) groups excluding carboxylic acids is 2. The van der Waals surface area contributed by atoms with Crippen LogP contribution in [0.2, 0.25) is 0 Å². The molecule has 2 aromatic heterocycles. The van der Waals surface area contributed by atoms with Crippen molar-refractivity contribution in [2.75, 3.05) is 20.8 Å². The van der Waals surface area contributed by atoms with E-state index in [9.17, 15) is 9.59 Å². The number of Topliss-reactive ketones (excluding diaryl/α,β-unsaturated/α-hetero) is 1. The molecule has 0 N–H and O–H groups in total. The molecule has 0 aliphatic rings. The third-order valence-electron chi connectivity index (χ3n) is 4.00. The highest BCUT2D eigenvalue weighted by Crippen LogP contribution is 2.25. The van der Waals surface area contributed by atoms with E-state index in [1.165, 1.54) is 31.3 Å². The molecule has 9 heteroatoms. The Balaban J connectivity index is 1.77. The summed E-state index contributed by atoms with van der Waals surface area (Å²) in [4.78, 5) is 33.0. The lowest BCUT2D eigenvalue weighted by molar-refractivity contribution is 0.0471. The van der Waals surface area contributed by atoms with Crippen LogP contribution in [0.4, 0.5) is 0 Å². The Bertz CT molecular complexity index is 999. The van der Waals surface area contributed by atoms with E-state index in [0.717, 1.165) is 0 Å². The predicted molar refractivity (Wildman–Crippen MR) is 94.3 cm³/mol. The largest absolute Gasteiger partial charge is 0.497 e. The zero-order valence-electron chi connectivity index (χ0n) is 15.1. The molecule has 1 aromatic carbocycles. The summed E-state index contributed by atoms with van der Waals surface area (Å²) in [5, 5.41) is 4.05. The maximum atomic E-state index is 12.5. The molecule has 2 heterocycles. The number of fused-ring (bicyclic) bond motifs is 1. The van der Waals surface area contributed by atoms with E-state index in [1.54, 1.807) is 18.2 Å². The smallest absolute Gasteiger partial charge is 0.342 e. The van der Waals surface area contributed by atoms with Gasteiger partial charge in [0, 0.05) is 12.3 Å². The normalized spacial score (nSPS) is 10.6. The van der Waals surface area contributed by atoms with E-state index in [-0.39, 0.29) is 5.56 Å². The van der Waals surface area contributed by atoms with Crippen molar-refractivity contribution in [2.45, 2.75) is 13.3 Å². The number of aryl methyl sites for hydroxylation is 1. The first-order chi connectivity index (χ1) is 13.1. The molecule has 9 nitrogen and oxygen atoms in total. The van der Waals surface area contributed by atoms with Gasteiger partial charge in [-0.1, -0.05) is 6.92 Å². The molecular formula is C18H18N4O5. The zero-order valence-corrected chi connectivity index (χ0v) is 15.1. The quantitative estimate of drug-likeness (QED) is 0.457. The number of hydrogen-bond donors (Lipinski definition) is 0. The highest BCUT2D eigenvalue weighted by molar-refractivity contribution is 6.01. The van der Waals surface area contributed by atoms with Crippen LogP contribution in [0.3, 0.4) is 0 Å². The Morgan fingerprint density at radius 2 is 1.93 bits per heavy atom. The minimum Gasteiger partial charge on any atom is -0.497 e. The molecule has 3 aromatic rings. The van der Waals surface area contributed by atoms with Crippen molar-refractivity contribution in [3.63, 3.8) is 0 Å². The molecule has 0 fully saturated rings. The molecule has 0 bridgehead atoms. The molecule has 0 saturated heterocycles. The first-order valence-electron chi connectivity index (χ1n) is 8.19. The summed E-state index contributed by atoms with van der Waals surface area (Å²) < 4.78 is 17.0. The van der Waals surface area contributed by atoms with Crippen LogP contribution >= 0.6 is 0 Å². The van der Waals surface area contributed by atoms with Crippen LogP contribution in [0.1, 0.15) is 33.3 Å². The van der Waals surface area contributed by atoms with Crippen LogP contribution in [0.25, 0.3) is 5.78 Å². The van der Waals surface area contributed by atoms with Crippen molar-refractivity contribution < 1.29 is 23.8 Å². The molecule has 0 amide bonds. The van der Waals surface area contributed by atoms with E-state index < -0.39 is 18.4 Å². The molecule has 0 unspecified atom stereocenters. The second-order valence-electron chi connectivity index (χ2n) is 5.51. The van der Waals surface area contributed by atoms with Gasteiger partial charge in [0.15, 0.2) is 6.61 Å². The van der Waals surface area contributed by atoms with Crippen molar-refractivity contribution >= 4 is 17.5 Å². The monoisotopic (exact) mass is 370 g/mol. The summed E-state index contributed by atoms with van der Waals surface area (Å²) in [6.07, 6.45) is 3.26. The van der Waals surface area contributed by atoms with Crippen LogP contribution in [0, 0.1) is 0 Å². The molecular weight excluding hydrogens is 352 g/mol. The number of hydrogen-bond acceptors (Lipinski definition) is 8. The number of ketones is 1. The van der Waals surface area contributed by atoms with Gasteiger partial charge in [0.25, 0.3) is 5.78 Å². The van der Waals surface area contributed by atoms with Gasteiger partial charge < -0.3 is 14.2 Å². The molecule has 27 heavy (non-hydrogen) atoms. The summed E-state index contributed by atoms with van der Waals surface area (Å²) in [6.45, 7) is 1.45. The van der Waals surface area contributed by atoms with Gasteiger partial charge in [-0.05, 0) is 18.6 Å². The van der Waals surface area contributed by atoms with Crippen LogP contribution in [0.5, 0.6) is 11.5 Å². The maximum Gasteiger partial charge on any atom is 0.342 e. The van der Waals surface area contributed by atoms with Gasteiger partial charge in [-0.2, -0.15) is 10.1 Å². The fourth-order valence-electron chi connectivity index (χ4n) is 2.65. The third-order valence-corrected chi connectivity index (χ3v) is 4.00. The fraction of sp³-hybridized carbons (Fsp3) is 0.278. The third kappa shape index (κ3) is 3.57. The van der Waals surface area contributed by atoms with Crippen LogP contribution in [0.15, 0.2) is 30.7 Å². The predicted octanol–water partition coefficient (Wildman–Crippen LogP) is 1.74. The molecule has 0 spiro atoms. The van der Waals surface area contributed by atoms with Crippen molar-refractivity contribution in [3.8, 4) is 11.5 Å². The molecule has 0 aliphatic heterocycles. The zero-order chi connectivity index (χ0) is 19.4. The van der Waals surface area contributed by atoms with Gasteiger partial charge in [0.1, 0.15) is 17.8 Å². The Kier molecular flexibility index (Phi) is 5.30. The van der Waals surface area contributed by atoms with Crippen molar-refractivity contribution in [3.05, 3.63) is 47.5 Å². The molecule has 0 saturated carbocycles. The number of ether oxygens (including phenoxy) is 3.